The summed E-state index contributed by atoms with van der Waals surface area (Å²) in [4.78, 5) is 15.8. The molecule has 0 spiro atoms. The van der Waals surface area contributed by atoms with Gasteiger partial charge in [-0.05, 0) is 53.9 Å². The maximum atomic E-state index is 12.5. The number of rotatable bonds is 9. The third kappa shape index (κ3) is 6.61. The number of hydrogen-bond donors (Lipinski definition) is 1. The number of nitrogens with zero attached hydrogens (tertiary/aromatic N) is 1. The Bertz CT molecular complexity index is 800. The van der Waals surface area contributed by atoms with Gasteiger partial charge in [0, 0.05) is 6.42 Å². The Morgan fingerprint density at radius 2 is 1.71 bits per heavy atom. The average Bonchev–Trinajstić information content (AvgIpc) is 2.67. The van der Waals surface area contributed by atoms with Crippen molar-refractivity contribution in [3.8, 4) is 5.75 Å². The van der Waals surface area contributed by atoms with E-state index in [1.54, 1.807) is 24.3 Å². The van der Waals surface area contributed by atoms with E-state index < -0.39 is 24.3 Å². The second-order valence-electron chi connectivity index (χ2n) is 5.88. The summed E-state index contributed by atoms with van der Waals surface area (Å²) in [6, 6.07) is 11.7. The van der Waals surface area contributed by atoms with Crippen LogP contribution < -0.4 is 4.74 Å². The number of aliphatic carboxylic acids is 1. The van der Waals surface area contributed by atoms with Crippen molar-refractivity contribution in [2.45, 2.75) is 25.9 Å². The van der Waals surface area contributed by atoms with Gasteiger partial charge in [0.05, 0.1) is 11.3 Å². The normalized spacial score (nSPS) is 11.9. The molecule has 0 heterocycles. The van der Waals surface area contributed by atoms with E-state index in [9.17, 15) is 18.0 Å². The van der Waals surface area contributed by atoms with Crippen molar-refractivity contribution in [1.82, 2.24) is 0 Å². The van der Waals surface area contributed by atoms with Crippen molar-refractivity contribution in [3.63, 3.8) is 0 Å². The summed E-state index contributed by atoms with van der Waals surface area (Å²) in [6.45, 7) is 1.72. The van der Waals surface area contributed by atoms with Crippen LogP contribution in [0.3, 0.4) is 0 Å². The maximum Gasteiger partial charge on any atom is 0.416 e. The second-order valence-corrected chi connectivity index (χ2v) is 5.88. The van der Waals surface area contributed by atoms with Crippen LogP contribution in [0.4, 0.5) is 13.2 Å². The molecule has 0 aromatic heterocycles. The third-order valence-corrected chi connectivity index (χ3v) is 3.82. The lowest BCUT2D eigenvalue weighted by molar-refractivity contribution is -0.139. The van der Waals surface area contributed by atoms with Crippen LogP contribution in [0.2, 0.25) is 0 Å². The van der Waals surface area contributed by atoms with E-state index >= 15 is 0 Å². The number of carboxylic acids is 1. The van der Waals surface area contributed by atoms with Gasteiger partial charge in [-0.3, -0.25) is 0 Å². The summed E-state index contributed by atoms with van der Waals surface area (Å²) in [5.74, 6) is -0.619. The lowest BCUT2D eigenvalue weighted by Crippen LogP contribution is -2.09. The van der Waals surface area contributed by atoms with Gasteiger partial charge in [-0.25, -0.2) is 4.79 Å². The molecule has 0 aliphatic carbocycles. The molecular weight excluding hydrogens is 375 g/mol. The largest absolute Gasteiger partial charge is 0.482 e. The zero-order chi connectivity index (χ0) is 20.6. The van der Waals surface area contributed by atoms with E-state index in [2.05, 4.69) is 5.16 Å². The van der Waals surface area contributed by atoms with Crippen LogP contribution in [0.5, 0.6) is 5.75 Å². The lowest BCUT2D eigenvalue weighted by atomic mass is 10.1. The molecule has 1 N–H and O–H groups in total. The molecule has 8 heteroatoms. The number of ether oxygens (including phenoxy) is 1. The fraction of sp³-hybridized carbons (Fsp3) is 0.300. The first-order valence-corrected chi connectivity index (χ1v) is 8.59. The maximum absolute atomic E-state index is 12.5. The van der Waals surface area contributed by atoms with Gasteiger partial charge in [0.25, 0.3) is 0 Å². The Labute approximate surface area is 160 Å². The average molecular weight is 395 g/mol. The van der Waals surface area contributed by atoms with Crippen molar-refractivity contribution < 1.29 is 32.6 Å². The molecule has 2 rings (SSSR count). The Hall–Kier alpha value is -3.03. The minimum atomic E-state index is -4.34. The number of alkyl halides is 3. The van der Waals surface area contributed by atoms with Crippen molar-refractivity contribution in [1.29, 1.82) is 0 Å². The second kappa shape index (κ2) is 9.77. The molecule has 0 atom stereocenters. The summed E-state index contributed by atoms with van der Waals surface area (Å²) in [5.41, 5.74) is 1.54. The fourth-order valence-electron chi connectivity index (χ4n) is 2.36. The van der Waals surface area contributed by atoms with Crippen LogP contribution in [0.25, 0.3) is 0 Å². The molecule has 5 nitrogen and oxygen atoms in total. The molecule has 0 amide bonds. The molecule has 0 aliphatic heterocycles. The van der Waals surface area contributed by atoms with Gasteiger partial charge in [-0.15, -0.1) is 0 Å². The Morgan fingerprint density at radius 1 is 1.07 bits per heavy atom. The fourth-order valence-corrected chi connectivity index (χ4v) is 2.36. The van der Waals surface area contributed by atoms with Gasteiger partial charge in [0.15, 0.2) is 6.61 Å². The highest BCUT2D eigenvalue weighted by Crippen LogP contribution is 2.29. The van der Waals surface area contributed by atoms with E-state index in [-0.39, 0.29) is 6.61 Å². The van der Waals surface area contributed by atoms with Crippen LogP contribution in [0, 0.1) is 0 Å². The van der Waals surface area contributed by atoms with Crippen LogP contribution in [0.1, 0.15) is 30.0 Å². The lowest BCUT2D eigenvalue weighted by Gasteiger charge is -2.08. The van der Waals surface area contributed by atoms with Gasteiger partial charge < -0.3 is 14.7 Å². The molecule has 0 saturated carbocycles. The zero-order valence-electron chi connectivity index (χ0n) is 15.2. The van der Waals surface area contributed by atoms with Crippen molar-refractivity contribution in [3.05, 3.63) is 65.2 Å². The third-order valence-electron chi connectivity index (χ3n) is 3.82. The summed E-state index contributed by atoms with van der Waals surface area (Å²) >= 11 is 0. The minimum Gasteiger partial charge on any atom is -0.482 e. The molecular formula is C20H20F3NO4. The van der Waals surface area contributed by atoms with E-state index in [0.717, 1.165) is 23.3 Å². The predicted molar refractivity (Wildman–Crippen MR) is 97.5 cm³/mol. The molecule has 0 radical (unpaired) electrons. The van der Waals surface area contributed by atoms with Crippen LogP contribution in [-0.2, 0) is 22.2 Å². The van der Waals surface area contributed by atoms with E-state index in [0.29, 0.717) is 24.3 Å². The first-order chi connectivity index (χ1) is 13.3. The first-order valence-electron chi connectivity index (χ1n) is 8.59. The Kier molecular flexibility index (Phi) is 7.43. The van der Waals surface area contributed by atoms with Crippen LogP contribution in [0.15, 0.2) is 53.7 Å². The smallest absolute Gasteiger partial charge is 0.416 e. The molecule has 0 fully saturated rings. The predicted octanol–water partition coefficient (Wildman–Crippen LogP) is 4.54. The van der Waals surface area contributed by atoms with Gasteiger partial charge >= 0.3 is 12.1 Å². The highest BCUT2D eigenvalue weighted by atomic mass is 19.4. The van der Waals surface area contributed by atoms with Crippen LogP contribution >= 0.6 is 0 Å². The van der Waals surface area contributed by atoms with Crippen molar-refractivity contribution in [2.75, 3.05) is 13.2 Å². The number of oxime groups is 1. The van der Waals surface area contributed by atoms with Gasteiger partial charge in [0.2, 0.25) is 0 Å². The van der Waals surface area contributed by atoms with Crippen molar-refractivity contribution in [2.24, 2.45) is 5.16 Å². The molecule has 2 aromatic rings. The Morgan fingerprint density at radius 3 is 2.25 bits per heavy atom. The van der Waals surface area contributed by atoms with E-state index in [1.165, 1.54) is 12.1 Å². The molecule has 0 unspecified atom stereocenters. The number of carboxylic acid groups (broad SMARTS) is 1. The summed E-state index contributed by atoms with van der Waals surface area (Å²) in [6.07, 6.45) is -3.31. The van der Waals surface area contributed by atoms with Crippen molar-refractivity contribution >= 4 is 11.7 Å². The number of benzene rings is 2. The number of carbonyl (C=O) groups is 1. The van der Waals surface area contributed by atoms with Gasteiger partial charge in [-0.2, -0.15) is 13.2 Å². The SMILES string of the molecule is CCC(=NOCCc1ccc(C(F)(F)F)cc1)c1ccc(OCC(=O)O)cc1. The number of hydrogen-bond acceptors (Lipinski definition) is 4. The zero-order valence-corrected chi connectivity index (χ0v) is 15.2. The summed E-state index contributed by atoms with van der Waals surface area (Å²) in [7, 11) is 0. The molecule has 0 aliphatic rings. The van der Waals surface area contributed by atoms with E-state index in [1.807, 2.05) is 6.92 Å². The highest BCUT2D eigenvalue weighted by molar-refractivity contribution is 6.00. The Balaban J connectivity index is 1.88. The molecule has 2 aromatic carbocycles. The van der Waals surface area contributed by atoms with Gasteiger partial charge in [-0.1, -0.05) is 24.2 Å². The summed E-state index contributed by atoms with van der Waals surface area (Å²) in [5, 5.41) is 12.7. The topological polar surface area (TPSA) is 68.1 Å². The van der Waals surface area contributed by atoms with Crippen LogP contribution in [-0.4, -0.2) is 30.0 Å². The summed E-state index contributed by atoms with van der Waals surface area (Å²) < 4.78 is 42.7. The number of halogens is 3. The minimum absolute atomic E-state index is 0.231. The monoisotopic (exact) mass is 395 g/mol. The van der Waals surface area contributed by atoms with E-state index in [4.69, 9.17) is 14.7 Å². The molecule has 150 valence electrons. The molecule has 0 bridgehead atoms. The van der Waals surface area contributed by atoms with Gasteiger partial charge in [0.1, 0.15) is 12.4 Å². The standard InChI is InChI=1S/C20H20F3NO4/c1-2-18(15-5-9-17(10-6-15)27-13-19(25)26)24-28-12-11-14-3-7-16(8-4-14)20(21,22)23/h3-10H,2,11-13H2,1H3,(H,25,26). The highest BCUT2D eigenvalue weighted by Gasteiger charge is 2.29. The molecule has 0 saturated heterocycles. The molecule has 28 heavy (non-hydrogen) atoms. The first kappa shape index (κ1) is 21.3. The quantitative estimate of drug-likeness (QED) is 0.384.